The van der Waals surface area contributed by atoms with Gasteiger partial charge >= 0.3 is 0 Å². The fourth-order valence-electron chi connectivity index (χ4n) is 2.71. The van der Waals surface area contributed by atoms with Crippen molar-refractivity contribution in [1.82, 2.24) is 9.97 Å². The van der Waals surface area contributed by atoms with Crippen molar-refractivity contribution in [1.29, 1.82) is 0 Å². The molecule has 0 unspecified atom stereocenters. The normalized spacial score (nSPS) is 15.8. The van der Waals surface area contributed by atoms with Crippen LogP contribution < -0.4 is 0 Å². The molecule has 0 spiro atoms. The molecule has 0 aromatic carbocycles. The first kappa shape index (κ1) is 13.3. The molecule has 0 amide bonds. The van der Waals surface area contributed by atoms with Crippen LogP contribution in [0, 0.1) is 5.41 Å². The van der Waals surface area contributed by atoms with E-state index in [4.69, 9.17) is 16.6 Å². The molecule has 19 heavy (non-hydrogen) atoms. The minimum Gasteiger partial charge on any atom is -0.222 e. The summed E-state index contributed by atoms with van der Waals surface area (Å²) < 4.78 is 0. The van der Waals surface area contributed by atoms with Gasteiger partial charge in [-0.15, -0.1) is 11.3 Å². The Labute approximate surface area is 123 Å². The Bertz CT molecular complexity index is 625. The van der Waals surface area contributed by atoms with Crippen molar-refractivity contribution in [3.63, 3.8) is 0 Å². The van der Waals surface area contributed by atoms with Crippen LogP contribution in [0.15, 0.2) is 0 Å². The van der Waals surface area contributed by atoms with Gasteiger partial charge in [0.1, 0.15) is 15.8 Å². The third kappa shape index (κ3) is 2.63. The minimum absolute atomic E-state index is 0.188. The zero-order valence-electron chi connectivity index (χ0n) is 11.7. The van der Waals surface area contributed by atoms with Crippen LogP contribution in [0.2, 0.25) is 5.15 Å². The Morgan fingerprint density at radius 1 is 1.16 bits per heavy atom. The zero-order valence-corrected chi connectivity index (χ0v) is 13.3. The molecular formula is C15H19ClN2S. The number of thiophene rings is 1. The van der Waals surface area contributed by atoms with Crippen LogP contribution in [0.5, 0.6) is 0 Å². The van der Waals surface area contributed by atoms with Crippen molar-refractivity contribution in [3.05, 3.63) is 21.4 Å². The van der Waals surface area contributed by atoms with E-state index in [1.165, 1.54) is 29.7 Å². The predicted molar refractivity (Wildman–Crippen MR) is 82.2 cm³/mol. The van der Waals surface area contributed by atoms with Gasteiger partial charge in [-0.2, -0.15) is 0 Å². The molecular weight excluding hydrogens is 276 g/mol. The third-order valence-electron chi connectivity index (χ3n) is 3.51. The van der Waals surface area contributed by atoms with Crippen molar-refractivity contribution >= 4 is 33.2 Å². The second-order valence-corrected chi connectivity index (χ2v) is 8.00. The fraction of sp³-hybridized carbons (Fsp3) is 0.600. The summed E-state index contributed by atoms with van der Waals surface area (Å²) in [5, 5.41) is 1.78. The molecule has 2 aromatic rings. The lowest BCUT2D eigenvalue weighted by atomic mass is 9.92. The van der Waals surface area contributed by atoms with Crippen LogP contribution in [-0.2, 0) is 19.3 Å². The first-order valence-electron chi connectivity index (χ1n) is 6.91. The van der Waals surface area contributed by atoms with E-state index in [0.29, 0.717) is 5.15 Å². The van der Waals surface area contributed by atoms with Crippen LogP contribution >= 0.6 is 22.9 Å². The molecule has 0 bridgehead atoms. The highest BCUT2D eigenvalue weighted by Gasteiger charge is 2.21. The van der Waals surface area contributed by atoms with E-state index in [1.807, 2.05) is 11.3 Å². The summed E-state index contributed by atoms with van der Waals surface area (Å²) in [5.41, 5.74) is 1.60. The SMILES string of the molecule is CC(C)(C)Cc1nc(Cl)c2c3c(sc2n1)CCCC3. The first-order valence-corrected chi connectivity index (χ1v) is 8.10. The molecule has 2 heterocycles. The van der Waals surface area contributed by atoms with Gasteiger partial charge in [0, 0.05) is 11.3 Å². The van der Waals surface area contributed by atoms with Gasteiger partial charge in [-0.3, -0.25) is 0 Å². The van der Waals surface area contributed by atoms with Crippen LogP contribution in [0.1, 0.15) is 49.9 Å². The third-order valence-corrected chi connectivity index (χ3v) is 4.96. The highest BCUT2D eigenvalue weighted by molar-refractivity contribution is 7.19. The molecule has 0 aliphatic heterocycles. The Kier molecular flexibility index (Phi) is 3.30. The average Bonchev–Trinajstić information content (AvgIpc) is 2.64. The van der Waals surface area contributed by atoms with Crippen LogP contribution in [-0.4, -0.2) is 9.97 Å². The Morgan fingerprint density at radius 3 is 2.63 bits per heavy atom. The number of aromatic nitrogens is 2. The number of fused-ring (bicyclic) bond motifs is 3. The molecule has 0 radical (unpaired) electrons. The maximum Gasteiger partial charge on any atom is 0.141 e. The summed E-state index contributed by atoms with van der Waals surface area (Å²) in [4.78, 5) is 11.8. The summed E-state index contributed by atoms with van der Waals surface area (Å²) >= 11 is 8.24. The van der Waals surface area contributed by atoms with E-state index >= 15 is 0 Å². The molecule has 0 saturated heterocycles. The largest absolute Gasteiger partial charge is 0.222 e. The van der Waals surface area contributed by atoms with E-state index in [-0.39, 0.29) is 5.41 Å². The van der Waals surface area contributed by atoms with E-state index < -0.39 is 0 Å². The minimum atomic E-state index is 0.188. The van der Waals surface area contributed by atoms with Gasteiger partial charge in [0.05, 0.1) is 5.39 Å². The second kappa shape index (κ2) is 4.71. The molecule has 102 valence electrons. The highest BCUT2D eigenvalue weighted by Crippen LogP contribution is 2.38. The zero-order chi connectivity index (χ0) is 13.6. The van der Waals surface area contributed by atoms with E-state index in [1.54, 1.807) is 0 Å². The van der Waals surface area contributed by atoms with Crippen molar-refractivity contribution < 1.29 is 0 Å². The van der Waals surface area contributed by atoms with Crippen molar-refractivity contribution in [2.75, 3.05) is 0 Å². The van der Waals surface area contributed by atoms with Gasteiger partial charge in [0.25, 0.3) is 0 Å². The molecule has 2 aromatic heterocycles. The van der Waals surface area contributed by atoms with Gasteiger partial charge in [-0.25, -0.2) is 9.97 Å². The van der Waals surface area contributed by atoms with E-state index in [2.05, 4.69) is 25.8 Å². The van der Waals surface area contributed by atoms with Gasteiger partial charge in [0.15, 0.2) is 0 Å². The summed E-state index contributed by atoms with van der Waals surface area (Å²) in [5.74, 6) is 0.878. The summed E-state index contributed by atoms with van der Waals surface area (Å²) in [6.45, 7) is 6.61. The summed E-state index contributed by atoms with van der Waals surface area (Å²) in [6, 6.07) is 0. The monoisotopic (exact) mass is 294 g/mol. The summed E-state index contributed by atoms with van der Waals surface area (Å²) in [6.07, 6.45) is 5.74. The number of rotatable bonds is 1. The molecule has 0 atom stereocenters. The Hall–Kier alpha value is -0.670. The fourth-order valence-corrected chi connectivity index (χ4v) is 4.35. The molecule has 4 heteroatoms. The molecule has 1 aliphatic carbocycles. The number of aryl methyl sites for hydroxylation is 2. The lowest BCUT2D eigenvalue weighted by Crippen LogP contribution is -2.12. The van der Waals surface area contributed by atoms with E-state index in [9.17, 15) is 0 Å². The molecule has 0 N–H and O–H groups in total. The smallest absolute Gasteiger partial charge is 0.141 e. The molecule has 1 aliphatic rings. The van der Waals surface area contributed by atoms with Crippen LogP contribution in [0.3, 0.4) is 0 Å². The van der Waals surface area contributed by atoms with Gasteiger partial charge in [-0.05, 0) is 36.7 Å². The number of halogens is 1. The van der Waals surface area contributed by atoms with Crippen LogP contribution in [0.4, 0.5) is 0 Å². The maximum atomic E-state index is 6.42. The number of hydrogen-bond donors (Lipinski definition) is 0. The molecule has 3 rings (SSSR count). The predicted octanol–water partition coefficient (Wildman–Crippen LogP) is 4.81. The lowest BCUT2D eigenvalue weighted by Gasteiger charge is -2.16. The highest BCUT2D eigenvalue weighted by atomic mass is 35.5. The quantitative estimate of drug-likeness (QED) is 0.705. The number of hydrogen-bond acceptors (Lipinski definition) is 3. The van der Waals surface area contributed by atoms with Crippen molar-refractivity contribution in [3.8, 4) is 0 Å². The maximum absolute atomic E-state index is 6.42. The molecule has 0 fully saturated rings. The average molecular weight is 295 g/mol. The first-order chi connectivity index (χ1) is 8.94. The Morgan fingerprint density at radius 2 is 1.89 bits per heavy atom. The lowest BCUT2D eigenvalue weighted by molar-refractivity contribution is 0.401. The standard InChI is InChI=1S/C15H19ClN2S/c1-15(2,3)8-11-17-13(16)12-9-6-4-5-7-10(9)19-14(12)18-11/h4-8H2,1-3H3. The van der Waals surface area contributed by atoms with Crippen molar-refractivity contribution in [2.24, 2.45) is 5.41 Å². The van der Waals surface area contributed by atoms with Crippen LogP contribution in [0.25, 0.3) is 10.2 Å². The topological polar surface area (TPSA) is 25.8 Å². The van der Waals surface area contributed by atoms with E-state index in [0.717, 1.165) is 28.9 Å². The molecule has 2 nitrogen and oxygen atoms in total. The second-order valence-electron chi connectivity index (χ2n) is 6.56. The van der Waals surface area contributed by atoms with Gasteiger partial charge < -0.3 is 0 Å². The molecule has 0 saturated carbocycles. The Balaban J connectivity index is 2.11. The number of nitrogens with zero attached hydrogens (tertiary/aromatic N) is 2. The summed E-state index contributed by atoms with van der Waals surface area (Å²) in [7, 11) is 0. The van der Waals surface area contributed by atoms with Gasteiger partial charge in [0.2, 0.25) is 0 Å². The van der Waals surface area contributed by atoms with Gasteiger partial charge in [-0.1, -0.05) is 32.4 Å². The van der Waals surface area contributed by atoms with Crippen molar-refractivity contribution in [2.45, 2.75) is 52.9 Å².